The fourth-order valence-electron chi connectivity index (χ4n) is 1.32. The lowest BCUT2D eigenvalue weighted by atomic mass is 10.3. The summed E-state index contributed by atoms with van der Waals surface area (Å²) in [5.74, 6) is -0.741. The number of aromatic nitrogens is 2. The van der Waals surface area contributed by atoms with E-state index in [1.807, 2.05) is 0 Å². The Morgan fingerprint density at radius 1 is 1.47 bits per heavy atom. The van der Waals surface area contributed by atoms with Gasteiger partial charge in [0.1, 0.15) is 5.75 Å². The lowest BCUT2D eigenvalue weighted by Gasteiger charge is -2.07. The minimum atomic E-state index is -0.986. The molecule has 0 radical (unpaired) electrons. The van der Waals surface area contributed by atoms with E-state index in [9.17, 15) is 14.5 Å². The zero-order valence-corrected chi connectivity index (χ0v) is 10.4. The molecule has 0 unspecified atom stereocenters. The monoisotopic (exact) mass is 283 g/mol. The van der Waals surface area contributed by atoms with Crippen molar-refractivity contribution in [2.45, 2.75) is 6.92 Å². The number of ether oxygens (including phenoxy) is 1. The van der Waals surface area contributed by atoms with Crippen molar-refractivity contribution >= 4 is 17.3 Å². The van der Waals surface area contributed by atoms with Gasteiger partial charge in [-0.3, -0.25) is 10.1 Å². The van der Waals surface area contributed by atoms with E-state index < -0.39 is 16.4 Å². The molecular weight excluding hydrogens is 277 g/mol. The first-order chi connectivity index (χ1) is 8.97. The predicted molar refractivity (Wildman–Crippen MR) is 64.9 cm³/mol. The van der Waals surface area contributed by atoms with Crippen LogP contribution < -0.4 is 4.74 Å². The Labute approximate surface area is 112 Å². The van der Waals surface area contributed by atoms with Crippen molar-refractivity contribution in [1.82, 2.24) is 9.97 Å². The van der Waals surface area contributed by atoms with Crippen molar-refractivity contribution in [2.24, 2.45) is 0 Å². The first kappa shape index (κ1) is 13.2. The lowest BCUT2D eigenvalue weighted by Crippen LogP contribution is -1.96. The molecule has 0 bridgehead atoms. The third-order valence-corrected chi connectivity index (χ3v) is 2.41. The van der Waals surface area contributed by atoms with Crippen LogP contribution in [-0.2, 0) is 0 Å². The van der Waals surface area contributed by atoms with Gasteiger partial charge in [0.05, 0.1) is 4.92 Å². The molecule has 0 aliphatic rings. The summed E-state index contributed by atoms with van der Waals surface area (Å²) < 4.78 is 18.7. The minimum absolute atomic E-state index is 0.0111. The molecule has 1 heterocycles. The summed E-state index contributed by atoms with van der Waals surface area (Å²) in [6.07, 6.45) is 1.45. The van der Waals surface area contributed by atoms with Crippen LogP contribution in [0.25, 0.3) is 0 Å². The van der Waals surface area contributed by atoms with Crippen molar-refractivity contribution in [3.05, 3.63) is 51.2 Å². The van der Waals surface area contributed by atoms with Gasteiger partial charge in [-0.05, 0) is 24.6 Å². The summed E-state index contributed by atoms with van der Waals surface area (Å²) in [7, 11) is 0. The van der Waals surface area contributed by atoms with Crippen LogP contribution in [0.3, 0.4) is 0 Å². The van der Waals surface area contributed by atoms with Gasteiger partial charge in [0, 0.05) is 23.9 Å². The smallest absolute Gasteiger partial charge is 0.305 e. The molecule has 1 aromatic carbocycles. The fraction of sp³-hybridized carbons (Fsp3) is 0.0909. The maximum absolute atomic E-state index is 13.4. The average molecular weight is 284 g/mol. The molecule has 6 nitrogen and oxygen atoms in total. The number of benzene rings is 1. The van der Waals surface area contributed by atoms with E-state index in [0.29, 0.717) is 5.56 Å². The quantitative estimate of drug-likeness (QED) is 0.491. The fourth-order valence-corrected chi connectivity index (χ4v) is 1.45. The Balaban J connectivity index is 2.31. The summed E-state index contributed by atoms with van der Waals surface area (Å²) >= 11 is 5.62. The van der Waals surface area contributed by atoms with E-state index >= 15 is 0 Å². The molecule has 0 atom stereocenters. The Morgan fingerprint density at radius 2 is 2.21 bits per heavy atom. The van der Waals surface area contributed by atoms with Crippen LogP contribution in [0.15, 0.2) is 24.4 Å². The van der Waals surface area contributed by atoms with Gasteiger partial charge in [0.25, 0.3) is 0 Å². The van der Waals surface area contributed by atoms with Crippen LogP contribution in [-0.4, -0.2) is 14.9 Å². The van der Waals surface area contributed by atoms with E-state index in [-0.39, 0.29) is 16.9 Å². The molecule has 1 aromatic heterocycles. The Morgan fingerprint density at radius 3 is 2.84 bits per heavy atom. The van der Waals surface area contributed by atoms with Gasteiger partial charge in [0.15, 0.2) is 0 Å². The van der Waals surface area contributed by atoms with E-state index in [4.69, 9.17) is 16.3 Å². The number of nitro groups is 1. The number of nitrogens with zero attached hydrogens (tertiary/aromatic N) is 3. The van der Waals surface area contributed by atoms with Gasteiger partial charge in [0.2, 0.25) is 17.0 Å². The maximum Gasteiger partial charge on any atom is 0.305 e. The largest absolute Gasteiger partial charge is 0.438 e. The Hall–Kier alpha value is -2.28. The van der Waals surface area contributed by atoms with Crippen LogP contribution in [0.5, 0.6) is 11.6 Å². The SMILES string of the molecule is Cc1cnc(Cl)nc1Oc1ccc([N+](=O)[O-])c(F)c1. The maximum atomic E-state index is 13.4. The third kappa shape index (κ3) is 2.94. The summed E-state index contributed by atoms with van der Waals surface area (Å²) in [4.78, 5) is 17.2. The Bertz CT molecular complexity index is 651. The summed E-state index contributed by atoms with van der Waals surface area (Å²) in [5, 5.41) is 10.5. The zero-order chi connectivity index (χ0) is 14.0. The van der Waals surface area contributed by atoms with Crippen molar-refractivity contribution < 1.29 is 14.1 Å². The third-order valence-electron chi connectivity index (χ3n) is 2.23. The molecule has 0 aliphatic heterocycles. The predicted octanol–water partition coefficient (Wildman–Crippen LogP) is 3.28. The van der Waals surface area contributed by atoms with Crippen LogP contribution in [0, 0.1) is 22.9 Å². The van der Waals surface area contributed by atoms with Gasteiger partial charge in [-0.1, -0.05) is 0 Å². The average Bonchev–Trinajstić information content (AvgIpc) is 2.33. The van der Waals surface area contributed by atoms with Crippen LogP contribution in [0.4, 0.5) is 10.1 Å². The summed E-state index contributed by atoms with van der Waals surface area (Å²) in [6, 6.07) is 3.20. The second-order valence-corrected chi connectivity index (χ2v) is 3.94. The molecule has 2 rings (SSSR count). The van der Waals surface area contributed by atoms with Crippen molar-refractivity contribution in [1.29, 1.82) is 0 Å². The Kier molecular flexibility index (Phi) is 3.57. The number of hydrogen-bond acceptors (Lipinski definition) is 5. The molecule has 0 N–H and O–H groups in total. The standard InChI is InChI=1S/C11H7ClFN3O3/c1-6-5-14-11(12)15-10(6)19-7-2-3-9(16(17)18)8(13)4-7/h2-5H,1H3. The highest BCUT2D eigenvalue weighted by atomic mass is 35.5. The molecule has 0 amide bonds. The molecule has 2 aromatic rings. The highest BCUT2D eigenvalue weighted by Crippen LogP contribution is 2.27. The number of halogens is 2. The molecular formula is C11H7ClFN3O3. The second kappa shape index (κ2) is 5.15. The molecule has 0 fully saturated rings. The van der Waals surface area contributed by atoms with Gasteiger partial charge in [-0.25, -0.2) is 4.98 Å². The molecule has 0 spiro atoms. The van der Waals surface area contributed by atoms with Crippen molar-refractivity contribution in [3.8, 4) is 11.6 Å². The summed E-state index contributed by atoms with van der Waals surface area (Å²) in [6.45, 7) is 1.69. The van der Waals surface area contributed by atoms with Crippen LogP contribution in [0.1, 0.15) is 5.56 Å². The zero-order valence-electron chi connectivity index (χ0n) is 9.63. The molecule has 0 aliphatic carbocycles. The van der Waals surface area contributed by atoms with Gasteiger partial charge in [-0.15, -0.1) is 0 Å². The number of nitro benzene ring substituents is 1. The normalized spacial score (nSPS) is 10.3. The van der Waals surface area contributed by atoms with Crippen LogP contribution >= 0.6 is 11.6 Å². The molecule has 98 valence electrons. The first-order valence-electron chi connectivity index (χ1n) is 5.08. The molecule has 0 saturated carbocycles. The number of hydrogen-bond donors (Lipinski definition) is 0. The number of aryl methyl sites for hydroxylation is 1. The minimum Gasteiger partial charge on any atom is -0.438 e. The number of rotatable bonds is 3. The van der Waals surface area contributed by atoms with Crippen molar-refractivity contribution in [2.75, 3.05) is 0 Å². The van der Waals surface area contributed by atoms with Gasteiger partial charge in [-0.2, -0.15) is 9.37 Å². The van der Waals surface area contributed by atoms with E-state index in [1.165, 1.54) is 12.3 Å². The van der Waals surface area contributed by atoms with Gasteiger partial charge >= 0.3 is 5.69 Å². The highest BCUT2D eigenvalue weighted by Gasteiger charge is 2.15. The van der Waals surface area contributed by atoms with Crippen LogP contribution in [0.2, 0.25) is 5.28 Å². The van der Waals surface area contributed by atoms with E-state index in [2.05, 4.69) is 9.97 Å². The molecule has 0 saturated heterocycles. The van der Waals surface area contributed by atoms with E-state index in [0.717, 1.165) is 12.1 Å². The second-order valence-electron chi connectivity index (χ2n) is 3.60. The van der Waals surface area contributed by atoms with E-state index in [1.54, 1.807) is 6.92 Å². The molecule has 19 heavy (non-hydrogen) atoms. The van der Waals surface area contributed by atoms with Crippen molar-refractivity contribution in [3.63, 3.8) is 0 Å². The van der Waals surface area contributed by atoms with Gasteiger partial charge < -0.3 is 4.74 Å². The topological polar surface area (TPSA) is 78.2 Å². The lowest BCUT2D eigenvalue weighted by molar-refractivity contribution is -0.387. The highest BCUT2D eigenvalue weighted by molar-refractivity contribution is 6.28. The summed E-state index contributed by atoms with van der Waals surface area (Å²) in [5.41, 5.74) is -0.0204. The first-order valence-corrected chi connectivity index (χ1v) is 5.46. The molecule has 8 heteroatoms.